The molecule has 2 aromatic heterocycles. The summed E-state index contributed by atoms with van der Waals surface area (Å²) in [5.74, 6) is -2.29. The molecule has 0 bridgehead atoms. The van der Waals surface area contributed by atoms with Crippen LogP contribution in [0.25, 0.3) is 44.6 Å². The zero-order valence-corrected chi connectivity index (χ0v) is 22.6. The molecule has 0 saturated carbocycles. The van der Waals surface area contributed by atoms with Crippen LogP contribution in [-0.2, 0) is 4.74 Å². The van der Waals surface area contributed by atoms with Gasteiger partial charge in [0.2, 0.25) is 6.29 Å². The summed E-state index contributed by atoms with van der Waals surface area (Å²) in [6, 6.07) is 12.3. The Morgan fingerprint density at radius 1 is 0.767 bits per heavy atom. The van der Waals surface area contributed by atoms with Crippen molar-refractivity contribution in [1.82, 2.24) is 0 Å². The molecule has 1 aliphatic rings. The molecule has 1 fully saturated rings. The van der Waals surface area contributed by atoms with Crippen molar-refractivity contribution in [2.45, 2.75) is 30.7 Å². The molecule has 6 rings (SSSR count). The smallest absolute Gasteiger partial charge is 0.347 e. The van der Waals surface area contributed by atoms with Crippen LogP contribution in [0.4, 0.5) is 0 Å². The van der Waals surface area contributed by atoms with Crippen LogP contribution < -0.4 is 22.6 Å². The molecule has 9 N–H and O–H groups in total. The van der Waals surface area contributed by atoms with Crippen LogP contribution in [0.1, 0.15) is 0 Å². The Bertz CT molecular complexity index is 1840. The molecule has 0 amide bonds. The van der Waals surface area contributed by atoms with E-state index < -0.39 is 54.6 Å². The second-order valence-corrected chi connectivity index (χ2v) is 9.83. The summed E-state index contributed by atoms with van der Waals surface area (Å²) in [6.45, 7) is -0.714. The Labute approximate surface area is 247 Å². The summed E-state index contributed by atoms with van der Waals surface area (Å²) in [4.78, 5) is 10.4. The summed E-state index contributed by atoms with van der Waals surface area (Å²) < 4.78 is 23.8. The molecule has 0 radical (unpaired) electrons. The Balaban J connectivity index is 0.00000368. The summed E-state index contributed by atoms with van der Waals surface area (Å²) in [5, 5.41) is 81.7. The number of phenols is 4. The van der Waals surface area contributed by atoms with Crippen LogP contribution in [0.3, 0.4) is 0 Å². The van der Waals surface area contributed by atoms with Gasteiger partial charge in [-0.3, -0.25) is 4.79 Å². The Morgan fingerprint density at radius 2 is 1.40 bits per heavy atom. The number of halogens is 1. The lowest BCUT2D eigenvalue weighted by atomic mass is 9.99. The standard InChI is InChI=1S/C29H24O13.ClH/c30-10-21-24(36)25(37)26(38)29(41-21)42-28-15-9-18(11-1-3-13(31)4-2-11)39-19-7-14(32)8-20(22(15)19)40-27(28)12-5-16(33)23(35)17(34)6-12;/h1-9,21,24-26,29-31,33-38H,10H2;1H/t21-,24-,25+,26-,29?;/m1./s1. The SMILES string of the molecule is OC[C@H]1OC(Oc2c(-c3cc(O)c(O)c(O)c3)oc3cc(=[OH+])cc4oc(-c5ccc(O)cc5)cc2c43)[C@H](O)[C@@H](O)[C@@H]1O.[Cl-]. The van der Waals surface area contributed by atoms with E-state index in [-0.39, 0.29) is 63.0 Å². The average Bonchev–Trinajstić information content (AvgIpc) is 2.96. The van der Waals surface area contributed by atoms with E-state index in [2.05, 4.69) is 0 Å². The molecule has 1 aliphatic heterocycles. The largest absolute Gasteiger partial charge is 1.00 e. The molecular formula is C29H25ClO13. The van der Waals surface area contributed by atoms with Gasteiger partial charge >= 0.3 is 5.43 Å². The lowest BCUT2D eigenvalue weighted by Gasteiger charge is -2.39. The van der Waals surface area contributed by atoms with Crippen LogP contribution >= 0.6 is 0 Å². The van der Waals surface area contributed by atoms with Gasteiger partial charge in [0.25, 0.3) is 0 Å². The molecule has 0 aliphatic carbocycles. The number of hydrogen-bond donors (Lipinski definition) is 8. The van der Waals surface area contributed by atoms with Gasteiger partial charge in [-0.25, -0.2) is 0 Å². The van der Waals surface area contributed by atoms with E-state index in [0.717, 1.165) is 12.1 Å². The molecule has 1 unspecified atom stereocenters. The lowest BCUT2D eigenvalue weighted by Crippen LogP contribution is -3.00. The number of aromatic hydroxyl groups is 4. The lowest BCUT2D eigenvalue weighted by molar-refractivity contribution is -0.277. The molecular weight excluding hydrogens is 592 g/mol. The fraction of sp³-hybridized carbons (Fsp3) is 0.207. The summed E-state index contributed by atoms with van der Waals surface area (Å²) in [7, 11) is 0. The van der Waals surface area contributed by atoms with Crippen LogP contribution in [0.5, 0.6) is 28.7 Å². The summed E-state index contributed by atoms with van der Waals surface area (Å²) in [5.41, 5.74) is 0.469. The Kier molecular flexibility index (Phi) is 7.88. The fourth-order valence-electron chi connectivity index (χ4n) is 4.90. The van der Waals surface area contributed by atoms with Crippen molar-refractivity contribution in [3.8, 4) is 51.4 Å². The maximum absolute atomic E-state index is 10.7. The molecule has 5 atom stereocenters. The maximum Gasteiger partial charge on any atom is 0.347 e. The van der Waals surface area contributed by atoms with Gasteiger partial charge < -0.3 is 71.6 Å². The van der Waals surface area contributed by atoms with Crippen molar-refractivity contribution in [1.29, 1.82) is 0 Å². The van der Waals surface area contributed by atoms with E-state index in [1.807, 2.05) is 0 Å². The van der Waals surface area contributed by atoms with E-state index in [1.54, 1.807) is 12.1 Å². The third-order valence-electron chi connectivity index (χ3n) is 7.04. The number of aliphatic hydroxyl groups is 4. The van der Waals surface area contributed by atoms with Gasteiger partial charge in [-0.2, -0.15) is 0 Å². The minimum atomic E-state index is -1.81. The summed E-state index contributed by atoms with van der Waals surface area (Å²) in [6.07, 6.45) is -8.19. The molecule has 3 heterocycles. The highest BCUT2D eigenvalue weighted by Gasteiger charge is 2.45. The van der Waals surface area contributed by atoms with E-state index >= 15 is 0 Å². The summed E-state index contributed by atoms with van der Waals surface area (Å²) >= 11 is 0. The highest BCUT2D eigenvalue weighted by Crippen LogP contribution is 2.47. The van der Waals surface area contributed by atoms with Crippen molar-refractivity contribution in [3.05, 3.63) is 60.0 Å². The van der Waals surface area contributed by atoms with E-state index in [1.165, 1.54) is 30.3 Å². The van der Waals surface area contributed by atoms with Gasteiger partial charge in [-0.1, -0.05) is 0 Å². The van der Waals surface area contributed by atoms with Crippen molar-refractivity contribution in [3.63, 3.8) is 0 Å². The van der Waals surface area contributed by atoms with Crippen LogP contribution in [-0.4, -0.2) is 83.0 Å². The number of phenolic OH excluding ortho intramolecular Hbond substituents is 4. The number of benzene rings is 3. The van der Waals surface area contributed by atoms with Crippen LogP contribution in [0.2, 0.25) is 0 Å². The fourth-order valence-corrected chi connectivity index (χ4v) is 4.90. The van der Waals surface area contributed by atoms with Crippen molar-refractivity contribution >= 4 is 21.9 Å². The first-order valence-electron chi connectivity index (χ1n) is 12.6. The topological polar surface area (TPSA) is 228 Å². The predicted octanol–water partition coefficient (Wildman–Crippen LogP) is -1.48. The molecule has 13 nitrogen and oxygen atoms in total. The van der Waals surface area contributed by atoms with Gasteiger partial charge in [0, 0.05) is 16.5 Å². The van der Waals surface area contributed by atoms with Gasteiger partial charge in [0.1, 0.15) is 47.1 Å². The first kappa shape index (κ1) is 30.0. The normalized spacial score (nSPS) is 22.0. The van der Waals surface area contributed by atoms with Crippen molar-refractivity contribution in [2.75, 3.05) is 6.61 Å². The predicted molar refractivity (Wildman–Crippen MR) is 143 cm³/mol. The van der Waals surface area contributed by atoms with E-state index in [4.69, 9.17) is 18.3 Å². The quantitative estimate of drug-likeness (QED) is 0.0835. The third kappa shape index (κ3) is 5.18. The highest BCUT2D eigenvalue weighted by atomic mass is 35.5. The zero-order valence-electron chi connectivity index (χ0n) is 21.8. The molecule has 1 saturated heterocycles. The number of hydrogen-bond acceptors (Lipinski definition) is 12. The number of ether oxygens (including phenoxy) is 2. The Morgan fingerprint density at radius 3 is 2.02 bits per heavy atom. The highest BCUT2D eigenvalue weighted by molar-refractivity contribution is 6.10. The van der Waals surface area contributed by atoms with Crippen LogP contribution in [0.15, 0.2) is 63.4 Å². The zero-order chi connectivity index (χ0) is 29.9. The monoisotopic (exact) mass is 616 g/mol. The van der Waals surface area contributed by atoms with Gasteiger partial charge in [-0.15, -0.1) is 0 Å². The second-order valence-electron chi connectivity index (χ2n) is 9.83. The maximum atomic E-state index is 10.7. The van der Waals surface area contributed by atoms with Crippen LogP contribution in [0, 0.1) is 0 Å². The van der Waals surface area contributed by atoms with E-state index in [9.17, 15) is 45.6 Å². The molecule has 14 heteroatoms. The Hall–Kier alpha value is -4.50. The number of aliphatic hydroxyl groups excluding tert-OH is 4. The second kappa shape index (κ2) is 11.3. The molecule has 0 spiro atoms. The average molecular weight is 617 g/mol. The minimum Gasteiger partial charge on any atom is -1.00 e. The van der Waals surface area contributed by atoms with Crippen molar-refractivity contribution in [2.24, 2.45) is 0 Å². The van der Waals surface area contributed by atoms with Crippen molar-refractivity contribution < 1.29 is 76.4 Å². The van der Waals surface area contributed by atoms with Gasteiger partial charge in [0.05, 0.1) is 24.1 Å². The third-order valence-corrected chi connectivity index (χ3v) is 7.04. The van der Waals surface area contributed by atoms with E-state index in [0.29, 0.717) is 10.9 Å². The first-order valence-corrected chi connectivity index (χ1v) is 12.6. The number of rotatable bonds is 5. The molecule has 3 aromatic carbocycles. The molecule has 226 valence electrons. The van der Waals surface area contributed by atoms with Gasteiger partial charge in [-0.05, 0) is 42.5 Å². The minimum absolute atomic E-state index is 0. The molecule has 5 aromatic rings. The van der Waals surface area contributed by atoms with Gasteiger partial charge in [0.15, 0.2) is 28.8 Å². The first-order chi connectivity index (χ1) is 20.0. The molecule has 43 heavy (non-hydrogen) atoms.